The van der Waals surface area contributed by atoms with Crippen LogP contribution in [0.3, 0.4) is 0 Å². The van der Waals surface area contributed by atoms with Gasteiger partial charge in [0.25, 0.3) is 0 Å². The number of hydrogen-bond acceptors (Lipinski definition) is 4. The number of rotatable bonds is 4. The second-order valence-corrected chi connectivity index (χ2v) is 5.74. The molecule has 0 atom stereocenters. The fourth-order valence-electron chi connectivity index (χ4n) is 2.28. The Morgan fingerprint density at radius 1 is 1.25 bits per heavy atom. The van der Waals surface area contributed by atoms with Crippen molar-refractivity contribution in [2.45, 2.75) is 43.8 Å². The fraction of sp³-hybridized carbons (Fsp3) is 0.818. The molecule has 0 spiro atoms. The molecule has 4 nitrogen and oxygen atoms in total. The summed E-state index contributed by atoms with van der Waals surface area (Å²) in [6, 6.07) is 0.680. The van der Waals surface area contributed by atoms with Crippen LogP contribution in [0.15, 0.2) is 5.16 Å². The standard InChI is InChI=1S/C11H18N4S/c1-2-16-11-13-12-10(14-7-3-4-8-14)15(11)9-5-6-9/h9H,2-8H2,1H3. The molecule has 0 N–H and O–H groups in total. The smallest absolute Gasteiger partial charge is 0.228 e. The van der Waals surface area contributed by atoms with Crippen LogP contribution in [0, 0.1) is 0 Å². The van der Waals surface area contributed by atoms with Crippen LogP contribution in [0.5, 0.6) is 0 Å². The molecule has 2 heterocycles. The van der Waals surface area contributed by atoms with E-state index < -0.39 is 0 Å². The highest BCUT2D eigenvalue weighted by Gasteiger charge is 2.32. The maximum Gasteiger partial charge on any atom is 0.228 e. The van der Waals surface area contributed by atoms with E-state index in [0.717, 1.165) is 29.9 Å². The summed E-state index contributed by atoms with van der Waals surface area (Å²) in [5.74, 6) is 2.20. The summed E-state index contributed by atoms with van der Waals surface area (Å²) in [5.41, 5.74) is 0. The van der Waals surface area contributed by atoms with Crippen LogP contribution in [0.4, 0.5) is 5.95 Å². The second-order valence-electron chi connectivity index (χ2n) is 4.51. The minimum Gasteiger partial charge on any atom is -0.341 e. The molecule has 1 aliphatic carbocycles. The van der Waals surface area contributed by atoms with Gasteiger partial charge < -0.3 is 4.90 Å². The maximum absolute atomic E-state index is 4.40. The first kappa shape index (κ1) is 10.4. The van der Waals surface area contributed by atoms with Crippen molar-refractivity contribution in [1.29, 1.82) is 0 Å². The lowest BCUT2D eigenvalue weighted by molar-refractivity contribution is 0.652. The average molecular weight is 238 g/mol. The van der Waals surface area contributed by atoms with Gasteiger partial charge in [-0.3, -0.25) is 4.57 Å². The third kappa shape index (κ3) is 1.81. The summed E-state index contributed by atoms with van der Waals surface area (Å²) < 4.78 is 2.37. The van der Waals surface area contributed by atoms with E-state index in [1.165, 1.54) is 25.7 Å². The minimum atomic E-state index is 0.680. The van der Waals surface area contributed by atoms with Crippen molar-refractivity contribution in [2.75, 3.05) is 23.7 Å². The Hall–Kier alpha value is -0.710. The highest BCUT2D eigenvalue weighted by molar-refractivity contribution is 7.99. The van der Waals surface area contributed by atoms with E-state index in [2.05, 4.69) is 26.6 Å². The van der Waals surface area contributed by atoms with E-state index in [-0.39, 0.29) is 0 Å². The number of hydrogen-bond donors (Lipinski definition) is 0. The predicted octanol–water partition coefficient (Wildman–Crippen LogP) is 2.33. The first-order chi connectivity index (χ1) is 7.90. The van der Waals surface area contributed by atoms with Crippen molar-refractivity contribution in [3.63, 3.8) is 0 Å². The number of anilines is 1. The molecular formula is C11H18N4S. The molecule has 2 fully saturated rings. The van der Waals surface area contributed by atoms with E-state index in [9.17, 15) is 0 Å². The Kier molecular flexibility index (Phi) is 2.79. The van der Waals surface area contributed by atoms with Gasteiger partial charge in [-0.25, -0.2) is 0 Å². The van der Waals surface area contributed by atoms with Crippen molar-refractivity contribution in [3.05, 3.63) is 0 Å². The van der Waals surface area contributed by atoms with Crippen LogP contribution < -0.4 is 4.90 Å². The quantitative estimate of drug-likeness (QED) is 0.754. The van der Waals surface area contributed by atoms with Crippen molar-refractivity contribution in [1.82, 2.24) is 14.8 Å². The van der Waals surface area contributed by atoms with Gasteiger partial charge in [0, 0.05) is 19.1 Å². The summed E-state index contributed by atoms with van der Waals surface area (Å²) in [6.07, 6.45) is 5.20. The Labute approximate surface area is 100 Å². The molecule has 0 amide bonds. The van der Waals surface area contributed by atoms with Crippen LogP contribution in [0.25, 0.3) is 0 Å². The monoisotopic (exact) mass is 238 g/mol. The zero-order valence-corrected chi connectivity index (χ0v) is 10.5. The summed E-state index contributed by atoms with van der Waals surface area (Å²) >= 11 is 1.81. The van der Waals surface area contributed by atoms with E-state index >= 15 is 0 Å². The maximum atomic E-state index is 4.40. The molecule has 2 aliphatic rings. The van der Waals surface area contributed by atoms with Crippen molar-refractivity contribution in [2.24, 2.45) is 0 Å². The number of thioether (sulfide) groups is 1. The lowest BCUT2D eigenvalue weighted by Gasteiger charge is -2.17. The zero-order chi connectivity index (χ0) is 11.0. The fourth-order valence-corrected chi connectivity index (χ4v) is 3.01. The number of nitrogens with zero attached hydrogens (tertiary/aromatic N) is 4. The van der Waals surface area contributed by atoms with E-state index in [1.807, 2.05) is 11.8 Å². The molecule has 1 aliphatic heterocycles. The van der Waals surface area contributed by atoms with Crippen LogP contribution in [0.2, 0.25) is 0 Å². The first-order valence-electron chi connectivity index (χ1n) is 6.23. The van der Waals surface area contributed by atoms with Crippen LogP contribution in [-0.4, -0.2) is 33.6 Å². The molecule has 0 aromatic carbocycles. The third-order valence-electron chi connectivity index (χ3n) is 3.22. The highest BCUT2D eigenvalue weighted by atomic mass is 32.2. The van der Waals surface area contributed by atoms with Crippen LogP contribution in [-0.2, 0) is 0 Å². The van der Waals surface area contributed by atoms with Crippen molar-refractivity contribution >= 4 is 17.7 Å². The molecule has 1 saturated carbocycles. The van der Waals surface area contributed by atoms with Crippen LogP contribution >= 0.6 is 11.8 Å². The second kappa shape index (κ2) is 4.28. The predicted molar refractivity (Wildman–Crippen MR) is 66.1 cm³/mol. The molecule has 1 aromatic heterocycles. The first-order valence-corrected chi connectivity index (χ1v) is 7.21. The van der Waals surface area contributed by atoms with Crippen molar-refractivity contribution in [3.8, 4) is 0 Å². The normalized spacial score (nSPS) is 20.7. The lowest BCUT2D eigenvalue weighted by Crippen LogP contribution is -2.22. The van der Waals surface area contributed by atoms with E-state index in [1.54, 1.807) is 0 Å². The molecule has 1 aromatic rings. The summed E-state index contributed by atoms with van der Waals surface area (Å²) in [7, 11) is 0. The Balaban J connectivity index is 1.90. The largest absolute Gasteiger partial charge is 0.341 e. The molecule has 0 bridgehead atoms. The number of aromatic nitrogens is 3. The summed E-state index contributed by atoms with van der Waals surface area (Å²) in [6.45, 7) is 4.48. The van der Waals surface area contributed by atoms with Gasteiger partial charge in [0.2, 0.25) is 5.95 Å². The Morgan fingerprint density at radius 3 is 2.62 bits per heavy atom. The lowest BCUT2D eigenvalue weighted by atomic mass is 10.4. The molecule has 0 radical (unpaired) electrons. The van der Waals surface area contributed by atoms with Gasteiger partial charge in [0.1, 0.15) is 0 Å². The molecule has 16 heavy (non-hydrogen) atoms. The van der Waals surface area contributed by atoms with Gasteiger partial charge in [0.15, 0.2) is 5.16 Å². The van der Waals surface area contributed by atoms with Gasteiger partial charge >= 0.3 is 0 Å². The molecule has 88 valence electrons. The van der Waals surface area contributed by atoms with Gasteiger partial charge in [-0.1, -0.05) is 18.7 Å². The zero-order valence-electron chi connectivity index (χ0n) is 9.72. The average Bonchev–Trinajstić information content (AvgIpc) is 2.82. The topological polar surface area (TPSA) is 34.0 Å². The van der Waals surface area contributed by atoms with Gasteiger partial charge in [-0.15, -0.1) is 10.2 Å². The van der Waals surface area contributed by atoms with E-state index in [4.69, 9.17) is 0 Å². The van der Waals surface area contributed by atoms with Gasteiger partial charge in [-0.05, 0) is 31.4 Å². The minimum absolute atomic E-state index is 0.680. The van der Waals surface area contributed by atoms with Crippen molar-refractivity contribution < 1.29 is 0 Å². The summed E-state index contributed by atoms with van der Waals surface area (Å²) in [5, 5.41) is 9.86. The third-order valence-corrected chi connectivity index (χ3v) is 4.05. The van der Waals surface area contributed by atoms with E-state index in [0.29, 0.717) is 6.04 Å². The van der Waals surface area contributed by atoms with Crippen LogP contribution in [0.1, 0.15) is 38.6 Å². The summed E-state index contributed by atoms with van der Waals surface area (Å²) in [4.78, 5) is 2.39. The highest BCUT2D eigenvalue weighted by Crippen LogP contribution is 2.41. The molecule has 0 unspecified atom stereocenters. The molecule has 3 rings (SSSR count). The molecule has 1 saturated heterocycles. The SMILES string of the molecule is CCSc1nnc(N2CCCC2)n1C1CC1. The Bertz CT molecular complexity index is 366. The Morgan fingerprint density at radius 2 is 2.00 bits per heavy atom. The van der Waals surface area contributed by atoms with Gasteiger partial charge in [0.05, 0.1) is 0 Å². The molecular weight excluding hydrogens is 220 g/mol. The molecule has 5 heteroatoms. The van der Waals surface area contributed by atoms with Gasteiger partial charge in [-0.2, -0.15) is 0 Å².